The standard InChI is InChI=1S/C28H29N7O/c1-3-26(36)31-22-9-5-7-20(17-22)24-10-6-8-21-18-30-28(33-27(21)24)32-23-11-12-25(29-19-23)35-15-13-34(4-2)14-16-35/h3,5-12,17-19H,1,4,13-16H2,2H3,(H,31,36)(H,30,32,33). The third-order valence-electron chi connectivity index (χ3n) is 6.38. The smallest absolute Gasteiger partial charge is 0.247 e. The number of pyridine rings is 1. The zero-order chi connectivity index (χ0) is 24.9. The van der Waals surface area contributed by atoms with Crippen LogP contribution in [-0.4, -0.2) is 58.5 Å². The van der Waals surface area contributed by atoms with E-state index < -0.39 is 0 Å². The van der Waals surface area contributed by atoms with Crippen molar-refractivity contribution in [2.24, 2.45) is 0 Å². The summed E-state index contributed by atoms with van der Waals surface area (Å²) in [4.78, 5) is 30.5. The van der Waals surface area contributed by atoms with E-state index in [4.69, 9.17) is 4.98 Å². The maximum atomic E-state index is 11.7. The van der Waals surface area contributed by atoms with Gasteiger partial charge in [0.1, 0.15) is 5.82 Å². The van der Waals surface area contributed by atoms with Crippen molar-refractivity contribution in [3.8, 4) is 11.1 Å². The highest BCUT2D eigenvalue weighted by molar-refractivity contribution is 6.00. The van der Waals surface area contributed by atoms with Gasteiger partial charge in [-0.05, 0) is 42.4 Å². The van der Waals surface area contributed by atoms with Crippen molar-refractivity contribution in [1.29, 1.82) is 0 Å². The Morgan fingerprint density at radius 1 is 1.00 bits per heavy atom. The Balaban J connectivity index is 1.37. The summed E-state index contributed by atoms with van der Waals surface area (Å²) in [6.45, 7) is 10.9. The van der Waals surface area contributed by atoms with E-state index >= 15 is 0 Å². The molecule has 2 N–H and O–H groups in total. The quantitative estimate of drug-likeness (QED) is 0.372. The van der Waals surface area contributed by atoms with Crippen LogP contribution in [0.4, 0.5) is 23.1 Å². The van der Waals surface area contributed by atoms with Crippen molar-refractivity contribution in [1.82, 2.24) is 19.9 Å². The second kappa shape index (κ2) is 10.5. The molecule has 0 unspecified atom stereocenters. The lowest BCUT2D eigenvalue weighted by Crippen LogP contribution is -2.46. The van der Waals surface area contributed by atoms with Crippen molar-refractivity contribution in [3.63, 3.8) is 0 Å². The van der Waals surface area contributed by atoms with E-state index in [0.29, 0.717) is 11.6 Å². The Kier molecular flexibility index (Phi) is 6.86. The zero-order valence-electron chi connectivity index (χ0n) is 20.3. The van der Waals surface area contributed by atoms with Crippen molar-refractivity contribution in [2.45, 2.75) is 6.92 Å². The molecule has 0 bridgehead atoms. The number of carbonyl (C=O) groups is 1. The highest BCUT2D eigenvalue weighted by atomic mass is 16.1. The van der Waals surface area contributed by atoms with Crippen LogP contribution in [0.1, 0.15) is 6.92 Å². The second-order valence-corrected chi connectivity index (χ2v) is 8.66. The summed E-state index contributed by atoms with van der Waals surface area (Å²) in [7, 11) is 0. The summed E-state index contributed by atoms with van der Waals surface area (Å²) in [5, 5.41) is 7.03. The van der Waals surface area contributed by atoms with E-state index in [1.165, 1.54) is 6.08 Å². The van der Waals surface area contributed by atoms with Gasteiger partial charge in [0.2, 0.25) is 11.9 Å². The maximum Gasteiger partial charge on any atom is 0.247 e. The Morgan fingerprint density at radius 3 is 2.58 bits per heavy atom. The number of hydrogen-bond acceptors (Lipinski definition) is 7. The third kappa shape index (κ3) is 5.18. The van der Waals surface area contributed by atoms with Gasteiger partial charge in [-0.25, -0.2) is 15.0 Å². The van der Waals surface area contributed by atoms with E-state index in [0.717, 1.165) is 66.3 Å². The Morgan fingerprint density at radius 2 is 1.83 bits per heavy atom. The number of benzene rings is 2. The number of piperazine rings is 1. The molecule has 0 radical (unpaired) electrons. The molecule has 1 aliphatic heterocycles. The third-order valence-corrected chi connectivity index (χ3v) is 6.38. The molecule has 0 saturated carbocycles. The normalized spacial score (nSPS) is 14.0. The average Bonchev–Trinajstić information content (AvgIpc) is 2.93. The van der Waals surface area contributed by atoms with Crippen LogP contribution in [-0.2, 0) is 4.79 Å². The molecule has 2 aromatic carbocycles. The van der Waals surface area contributed by atoms with Gasteiger partial charge in [-0.15, -0.1) is 0 Å². The molecule has 8 heteroatoms. The minimum Gasteiger partial charge on any atom is -0.354 e. The summed E-state index contributed by atoms with van der Waals surface area (Å²) in [5.74, 6) is 1.24. The molecule has 0 spiro atoms. The molecule has 2 aromatic heterocycles. The van der Waals surface area contributed by atoms with Gasteiger partial charge in [0.05, 0.1) is 17.4 Å². The average molecular weight is 480 g/mol. The van der Waals surface area contributed by atoms with E-state index in [-0.39, 0.29) is 5.91 Å². The van der Waals surface area contributed by atoms with Gasteiger partial charge in [-0.1, -0.05) is 43.8 Å². The van der Waals surface area contributed by atoms with Gasteiger partial charge >= 0.3 is 0 Å². The SMILES string of the molecule is C=CC(=O)Nc1cccc(-c2cccc3cnc(Nc4ccc(N5CCN(CC)CC5)nc4)nc23)c1. The fraction of sp³-hybridized carbons (Fsp3) is 0.214. The lowest BCUT2D eigenvalue weighted by Gasteiger charge is -2.34. The number of nitrogens with zero attached hydrogens (tertiary/aromatic N) is 5. The van der Waals surface area contributed by atoms with Gasteiger partial charge in [-0.3, -0.25) is 4.79 Å². The van der Waals surface area contributed by atoms with E-state index in [1.807, 2.05) is 67.0 Å². The first-order chi connectivity index (χ1) is 17.6. The summed E-state index contributed by atoms with van der Waals surface area (Å²) in [6.07, 6.45) is 4.89. The Hall–Kier alpha value is -4.30. The molecule has 1 aliphatic rings. The van der Waals surface area contributed by atoms with E-state index in [1.54, 1.807) is 0 Å². The number of hydrogen-bond donors (Lipinski definition) is 2. The molecule has 5 rings (SSSR count). The monoisotopic (exact) mass is 479 g/mol. The predicted octanol–water partition coefficient (Wildman–Crippen LogP) is 4.70. The van der Waals surface area contributed by atoms with Crippen molar-refractivity contribution in [3.05, 3.63) is 79.6 Å². The summed E-state index contributed by atoms with van der Waals surface area (Å²) in [6, 6.07) is 17.7. The minimum atomic E-state index is -0.248. The summed E-state index contributed by atoms with van der Waals surface area (Å²) in [5.41, 5.74) is 4.25. The molecule has 1 amide bonds. The number of amides is 1. The number of aromatic nitrogens is 3. The fourth-order valence-electron chi connectivity index (χ4n) is 4.38. The van der Waals surface area contributed by atoms with Gasteiger partial charge in [-0.2, -0.15) is 0 Å². The van der Waals surface area contributed by atoms with Crippen LogP contribution >= 0.6 is 0 Å². The molecule has 36 heavy (non-hydrogen) atoms. The first-order valence-corrected chi connectivity index (χ1v) is 12.1. The molecule has 0 atom stereocenters. The molecular weight excluding hydrogens is 450 g/mol. The zero-order valence-corrected chi connectivity index (χ0v) is 20.3. The highest BCUT2D eigenvalue weighted by Gasteiger charge is 2.16. The van der Waals surface area contributed by atoms with Crippen LogP contribution < -0.4 is 15.5 Å². The molecule has 8 nitrogen and oxygen atoms in total. The molecule has 4 aromatic rings. The number of rotatable bonds is 7. The first-order valence-electron chi connectivity index (χ1n) is 12.1. The topological polar surface area (TPSA) is 86.3 Å². The van der Waals surface area contributed by atoms with E-state index in [9.17, 15) is 4.79 Å². The minimum absolute atomic E-state index is 0.248. The predicted molar refractivity (Wildman–Crippen MR) is 146 cm³/mol. The van der Waals surface area contributed by atoms with Gasteiger partial charge in [0, 0.05) is 49.0 Å². The number of likely N-dealkylation sites (N-methyl/N-ethyl adjacent to an activating group) is 1. The molecule has 182 valence electrons. The molecular formula is C28H29N7O. The van der Waals surface area contributed by atoms with Crippen LogP contribution in [0.5, 0.6) is 0 Å². The molecule has 1 fully saturated rings. The largest absolute Gasteiger partial charge is 0.354 e. The van der Waals surface area contributed by atoms with Crippen molar-refractivity contribution >= 4 is 40.0 Å². The lowest BCUT2D eigenvalue weighted by atomic mass is 10.0. The van der Waals surface area contributed by atoms with Crippen LogP contribution in [0.25, 0.3) is 22.0 Å². The number of anilines is 4. The molecule has 0 aliphatic carbocycles. The number of fused-ring (bicyclic) bond motifs is 1. The van der Waals surface area contributed by atoms with E-state index in [2.05, 4.69) is 43.9 Å². The fourth-order valence-corrected chi connectivity index (χ4v) is 4.38. The summed E-state index contributed by atoms with van der Waals surface area (Å²) < 4.78 is 0. The summed E-state index contributed by atoms with van der Waals surface area (Å²) >= 11 is 0. The van der Waals surface area contributed by atoms with Crippen LogP contribution in [0.15, 0.2) is 79.6 Å². The molecule has 3 heterocycles. The van der Waals surface area contributed by atoms with Crippen molar-refractivity contribution < 1.29 is 4.79 Å². The van der Waals surface area contributed by atoms with Crippen molar-refractivity contribution in [2.75, 3.05) is 48.3 Å². The second-order valence-electron chi connectivity index (χ2n) is 8.66. The van der Waals surface area contributed by atoms with Gasteiger partial charge in [0.25, 0.3) is 0 Å². The van der Waals surface area contributed by atoms with Crippen LogP contribution in [0, 0.1) is 0 Å². The highest BCUT2D eigenvalue weighted by Crippen LogP contribution is 2.30. The van der Waals surface area contributed by atoms with Crippen LogP contribution in [0.2, 0.25) is 0 Å². The first kappa shape index (κ1) is 23.4. The Labute approximate surface area is 210 Å². The Bertz CT molecular complexity index is 1380. The van der Waals surface area contributed by atoms with Gasteiger partial charge in [0.15, 0.2) is 0 Å². The maximum absolute atomic E-state index is 11.7. The number of nitrogens with one attached hydrogen (secondary N) is 2. The number of para-hydroxylation sites is 1. The lowest BCUT2D eigenvalue weighted by molar-refractivity contribution is -0.111. The van der Waals surface area contributed by atoms with Gasteiger partial charge < -0.3 is 20.4 Å². The number of carbonyl (C=O) groups excluding carboxylic acids is 1. The molecule has 1 saturated heterocycles. The van der Waals surface area contributed by atoms with Crippen LogP contribution in [0.3, 0.4) is 0 Å².